The molecule has 2 aromatic rings. The molecule has 0 unspecified atom stereocenters. The first-order valence-corrected chi connectivity index (χ1v) is 6.43. The van der Waals surface area contributed by atoms with Crippen molar-refractivity contribution in [1.29, 1.82) is 0 Å². The molecule has 0 saturated heterocycles. The van der Waals surface area contributed by atoms with Gasteiger partial charge in [0.2, 0.25) is 0 Å². The van der Waals surface area contributed by atoms with Crippen LogP contribution in [0.2, 0.25) is 0 Å². The van der Waals surface area contributed by atoms with Gasteiger partial charge in [-0.1, -0.05) is 18.2 Å². The number of hydrogen-bond donors (Lipinski definition) is 1. The molecule has 0 amide bonds. The molecule has 0 atom stereocenters. The van der Waals surface area contributed by atoms with Crippen molar-refractivity contribution >= 4 is 15.7 Å². The van der Waals surface area contributed by atoms with Gasteiger partial charge in [0.15, 0.2) is 0 Å². The van der Waals surface area contributed by atoms with E-state index in [1.54, 1.807) is 25.1 Å². The average molecular weight is 249 g/mol. The van der Waals surface area contributed by atoms with E-state index in [-0.39, 0.29) is 4.90 Å². The van der Waals surface area contributed by atoms with Crippen LogP contribution >= 0.6 is 0 Å². The number of benzene rings is 1. The maximum atomic E-state index is 11.9. The fourth-order valence-corrected chi connectivity index (χ4v) is 2.31. The molecule has 0 aliphatic rings. The molecule has 88 valence electrons. The van der Waals surface area contributed by atoms with Gasteiger partial charge in [0, 0.05) is 0 Å². The molecule has 2 rings (SSSR count). The number of aryl methyl sites for hydroxylation is 1. The molecule has 0 spiro atoms. The van der Waals surface area contributed by atoms with Crippen LogP contribution < -0.4 is 4.72 Å². The summed E-state index contributed by atoms with van der Waals surface area (Å²) in [6, 6.07) is 8.14. The summed E-state index contributed by atoms with van der Waals surface area (Å²) in [4.78, 5) is 8.05. The van der Waals surface area contributed by atoms with Gasteiger partial charge in [-0.15, -0.1) is 0 Å². The number of anilines is 1. The second-order valence-electron chi connectivity index (χ2n) is 3.44. The van der Waals surface area contributed by atoms with Crippen molar-refractivity contribution < 1.29 is 8.42 Å². The van der Waals surface area contributed by atoms with Crippen LogP contribution in [-0.2, 0) is 10.0 Å². The van der Waals surface area contributed by atoms with Crippen LogP contribution in [0.15, 0.2) is 47.6 Å². The number of hydrogen-bond acceptors (Lipinski definition) is 4. The second kappa shape index (κ2) is 4.50. The van der Waals surface area contributed by atoms with Crippen LogP contribution in [0.3, 0.4) is 0 Å². The molecule has 6 heteroatoms. The second-order valence-corrected chi connectivity index (χ2v) is 5.12. The third-order valence-electron chi connectivity index (χ3n) is 2.09. The Bertz CT molecular complexity index is 594. The predicted molar refractivity (Wildman–Crippen MR) is 64.0 cm³/mol. The summed E-state index contributed by atoms with van der Waals surface area (Å²) in [6.45, 7) is 1.73. The van der Waals surface area contributed by atoms with Gasteiger partial charge < -0.3 is 0 Å². The highest BCUT2D eigenvalue weighted by Crippen LogP contribution is 2.13. The van der Waals surface area contributed by atoms with Crippen molar-refractivity contribution in [1.82, 2.24) is 9.97 Å². The van der Waals surface area contributed by atoms with Crippen LogP contribution in [0.5, 0.6) is 0 Å². The molecule has 1 N–H and O–H groups in total. The summed E-state index contributed by atoms with van der Waals surface area (Å²) >= 11 is 0. The Labute approximate surface area is 99.6 Å². The Morgan fingerprint density at radius 2 is 1.65 bits per heavy atom. The highest BCUT2D eigenvalue weighted by Gasteiger charge is 2.13. The van der Waals surface area contributed by atoms with E-state index in [2.05, 4.69) is 14.7 Å². The SMILES string of the molecule is Cc1ncc(NS(=O)(=O)c2ccccc2)cn1. The average Bonchev–Trinajstić information content (AvgIpc) is 2.33. The molecular formula is C11H11N3O2S. The lowest BCUT2D eigenvalue weighted by Crippen LogP contribution is -2.13. The van der Waals surface area contributed by atoms with Gasteiger partial charge in [0.25, 0.3) is 10.0 Å². The van der Waals surface area contributed by atoms with Gasteiger partial charge >= 0.3 is 0 Å². The maximum absolute atomic E-state index is 11.9. The van der Waals surface area contributed by atoms with Crippen molar-refractivity contribution in [2.24, 2.45) is 0 Å². The number of nitrogens with one attached hydrogen (secondary N) is 1. The van der Waals surface area contributed by atoms with E-state index in [1.165, 1.54) is 24.5 Å². The number of rotatable bonds is 3. The predicted octanol–water partition coefficient (Wildman–Crippen LogP) is 1.59. The van der Waals surface area contributed by atoms with Gasteiger partial charge in [0.05, 0.1) is 23.0 Å². The van der Waals surface area contributed by atoms with Gasteiger partial charge in [-0.3, -0.25) is 4.72 Å². The summed E-state index contributed by atoms with van der Waals surface area (Å²) in [6.07, 6.45) is 2.87. The molecule has 0 saturated carbocycles. The maximum Gasteiger partial charge on any atom is 0.261 e. The molecule has 0 bridgehead atoms. The highest BCUT2D eigenvalue weighted by atomic mass is 32.2. The minimum atomic E-state index is -3.56. The van der Waals surface area contributed by atoms with E-state index in [1.807, 2.05) is 0 Å². The Hall–Kier alpha value is -1.95. The standard InChI is InChI=1S/C11H11N3O2S/c1-9-12-7-10(8-13-9)14-17(15,16)11-5-3-2-4-6-11/h2-8,14H,1H3. The summed E-state index contributed by atoms with van der Waals surface area (Å²) in [5, 5.41) is 0. The molecular weight excluding hydrogens is 238 g/mol. The fourth-order valence-electron chi connectivity index (χ4n) is 1.26. The normalized spacial score (nSPS) is 11.1. The third kappa shape index (κ3) is 2.79. The number of nitrogens with zero attached hydrogens (tertiary/aromatic N) is 2. The van der Waals surface area contributed by atoms with Gasteiger partial charge in [-0.25, -0.2) is 18.4 Å². The molecule has 1 aromatic carbocycles. The van der Waals surface area contributed by atoms with Crippen molar-refractivity contribution in [3.8, 4) is 0 Å². The Balaban J connectivity index is 2.27. The molecule has 17 heavy (non-hydrogen) atoms. The van der Waals surface area contributed by atoms with Crippen LogP contribution in [-0.4, -0.2) is 18.4 Å². The first-order valence-electron chi connectivity index (χ1n) is 4.94. The zero-order valence-electron chi connectivity index (χ0n) is 9.16. The van der Waals surface area contributed by atoms with Gasteiger partial charge in [0.1, 0.15) is 5.82 Å². The summed E-state index contributed by atoms with van der Waals surface area (Å²) in [5.41, 5.74) is 0.347. The molecule has 0 aliphatic carbocycles. The Kier molecular flexibility index (Phi) is 3.06. The lowest BCUT2D eigenvalue weighted by atomic mass is 10.4. The van der Waals surface area contributed by atoms with E-state index >= 15 is 0 Å². The van der Waals surface area contributed by atoms with E-state index in [0.717, 1.165) is 0 Å². The van der Waals surface area contributed by atoms with E-state index < -0.39 is 10.0 Å². The van der Waals surface area contributed by atoms with E-state index in [0.29, 0.717) is 11.5 Å². The quantitative estimate of drug-likeness (QED) is 0.896. The number of aromatic nitrogens is 2. The smallest absolute Gasteiger partial charge is 0.261 e. The zero-order valence-corrected chi connectivity index (χ0v) is 9.98. The van der Waals surface area contributed by atoms with Crippen molar-refractivity contribution in [2.75, 3.05) is 4.72 Å². The summed E-state index contributed by atoms with van der Waals surface area (Å²) < 4.78 is 26.2. The van der Waals surface area contributed by atoms with Crippen LogP contribution in [0, 0.1) is 6.92 Å². The minimum absolute atomic E-state index is 0.209. The van der Waals surface area contributed by atoms with Gasteiger partial charge in [-0.05, 0) is 19.1 Å². The monoisotopic (exact) mass is 249 g/mol. The van der Waals surface area contributed by atoms with Crippen LogP contribution in [0.1, 0.15) is 5.82 Å². The highest BCUT2D eigenvalue weighted by molar-refractivity contribution is 7.92. The lowest BCUT2D eigenvalue weighted by molar-refractivity contribution is 0.601. The molecule has 0 aliphatic heterocycles. The molecule has 1 aromatic heterocycles. The molecule has 0 fully saturated rings. The lowest BCUT2D eigenvalue weighted by Gasteiger charge is -2.06. The van der Waals surface area contributed by atoms with Crippen molar-refractivity contribution in [3.05, 3.63) is 48.5 Å². The van der Waals surface area contributed by atoms with Crippen LogP contribution in [0.4, 0.5) is 5.69 Å². The number of sulfonamides is 1. The van der Waals surface area contributed by atoms with Crippen molar-refractivity contribution in [2.45, 2.75) is 11.8 Å². The third-order valence-corrected chi connectivity index (χ3v) is 3.48. The van der Waals surface area contributed by atoms with Crippen LogP contribution in [0.25, 0.3) is 0 Å². The van der Waals surface area contributed by atoms with Crippen molar-refractivity contribution in [3.63, 3.8) is 0 Å². The summed E-state index contributed by atoms with van der Waals surface area (Å²) in [5.74, 6) is 0.590. The first kappa shape index (κ1) is 11.5. The van der Waals surface area contributed by atoms with E-state index in [9.17, 15) is 8.42 Å². The molecule has 5 nitrogen and oxygen atoms in total. The van der Waals surface area contributed by atoms with E-state index in [4.69, 9.17) is 0 Å². The molecule has 0 radical (unpaired) electrons. The summed E-state index contributed by atoms with van der Waals surface area (Å²) in [7, 11) is -3.56. The zero-order chi connectivity index (χ0) is 12.3. The topological polar surface area (TPSA) is 72.0 Å². The Morgan fingerprint density at radius 3 is 2.24 bits per heavy atom. The van der Waals surface area contributed by atoms with Gasteiger partial charge in [-0.2, -0.15) is 0 Å². The minimum Gasteiger partial charge on any atom is -0.276 e. The Morgan fingerprint density at radius 1 is 1.06 bits per heavy atom. The first-order chi connectivity index (χ1) is 8.08. The molecule has 1 heterocycles. The largest absolute Gasteiger partial charge is 0.276 e. The fraction of sp³-hybridized carbons (Fsp3) is 0.0909.